The summed E-state index contributed by atoms with van der Waals surface area (Å²) < 4.78 is 10.2. The molecule has 0 aliphatic carbocycles. The third-order valence-corrected chi connectivity index (χ3v) is 5.48. The van der Waals surface area contributed by atoms with Gasteiger partial charge in [-0.1, -0.05) is 36.6 Å². The lowest BCUT2D eigenvalue weighted by atomic mass is 9.94. The van der Waals surface area contributed by atoms with E-state index in [-0.39, 0.29) is 0 Å². The summed E-state index contributed by atoms with van der Waals surface area (Å²) in [5.41, 5.74) is 4.60. The highest BCUT2D eigenvalue weighted by molar-refractivity contribution is 5.90. The number of allylic oxidation sites excluding steroid dienone is 4. The Hall–Kier alpha value is -2.07. The van der Waals surface area contributed by atoms with Gasteiger partial charge in [0.2, 0.25) is 5.79 Å². The molecule has 29 heavy (non-hydrogen) atoms. The molecule has 0 fully saturated rings. The fourth-order valence-electron chi connectivity index (χ4n) is 3.77. The molecule has 0 amide bonds. The van der Waals surface area contributed by atoms with Crippen LogP contribution in [0.15, 0.2) is 58.0 Å². The van der Waals surface area contributed by atoms with E-state index in [2.05, 4.69) is 32.9 Å². The lowest BCUT2D eigenvalue weighted by Gasteiger charge is -2.23. The average Bonchev–Trinajstić information content (AvgIpc) is 3.22. The van der Waals surface area contributed by atoms with Crippen LogP contribution < -0.4 is 0 Å². The third-order valence-electron chi connectivity index (χ3n) is 5.48. The Morgan fingerprint density at radius 1 is 1.21 bits per heavy atom. The zero-order valence-corrected chi connectivity index (χ0v) is 18.4. The van der Waals surface area contributed by atoms with Crippen LogP contribution in [0.1, 0.15) is 78.2 Å². The Labute approximate surface area is 175 Å². The monoisotopic (exact) mass is 400 g/mol. The van der Waals surface area contributed by atoms with Gasteiger partial charge >= 0.3 is 5.97 Å². The molecule has 1 unspecified atom stereocenters. The van der Waals surface area contributed by atoms with Crippen molar-refractivity contribution in [1.29, 1.82) is 0 Å². The van der Waals surface area contributed by atoms with Gasteiger partial charge in [0.25, 0.3) is 0 Å². The third kappa shape index (κ3) is 8.45. The van der Waals surface area contributed by atoms with Gasteiger partial charge in [0, 0.05) is 12.0 Å². The Morgan fingerprint density at radius 3 is 2.59 bits per heavy atom. The molecule has 1 aromatic rings. The number of aryl methyl sites for hydroxylation is 1. The fourth-order valence-corrected chi connectivity index (χ4v) is 3.77. The van der Waals surface area contributed by atoms with Gasteiger partial charge in [-0.05, 0) is 82.9 Å². The first-order valence-electron chi connectivity index (χ1n) is 10.7. The van der Waals surface area contributed by atoms with E-state index in [1.807, 2.05) is 12.3 Å². The second kappa shape index (κ2) is 11.2. The average molecular weight is 401 g/mol. The van der Waals surface area contributed by atoms with Gasteiger partial charge in [0.05, 0.1) is 12.5 Å². The number of carbonyl (C=O) groups excluding carboxylic acids is 1. The number of rotatable bonds is 12. The smallest absolute Gasteiger partial charge is 0.336 e. The molecule has 4 nitrogen and oxygen atoms in total. The molecule has 1 N–H and O–H groups in total. The number of furan rings is 1. The van der Waals surface area contributed by atoms with Crippen molar-refractivity contribution in [1.82, 2.24) is 0 Å². The highest BCUT2D eigenvalue weighted by Crippen LogP contribution is 2.30. The maximum atomic E-state index is 11.5. The highest BCUT2D eigenvalue weighted by Gasteiger charge is 2.37. The predicted molar refractivity (Wildman–Crippen MR) is 116 cm³/mol. The summed E-state index contributed by atoms with van der Waals surface area (Å²) in [6, 6.07) is 2.02. The van der Waals surface area contributed by atoms with Crippen LogP contribution in [-0.4, -0.2) is 16.9 Å². The van der Waals surface area contributed by atoms with Crippen LogP contribution in [0.25, 0.3) is 0 Å². The number of cyclic esters (lactones) is 1. The molecule has 0 bridgehead atoms. The van der Waals surface area contributed by atoms with Gasteiger partial charge in [-0.15, -0.1) is 0 Å². The van der Waals surface area contributed by atoms with Crippen LogP contribution in [0.4, 0.5) is 0 Å². The topological polar surface area (TPSA) is 59.7 Å². The maximum absolute atomic E-state index is 11.5. The standard InChI is InChI=1S/C25H36O4/c1-19(8-5-9-20(2)11-7-13-23-14-15-28-18-23)10-6-12-21(3)16-25(27)17-22(4)24(26)29-25/h8,11,14-15,17-18,21,27H,5-7,9-10,12-13,16H2,1-4H3/b19-8+,20-11+/t21-,25?/m1/s1. The Balaban J connectivity index is 1.60. The number of hydrogen-bond donors (Lipinski definition) is 1. The summed E-state index contributed by atoms with van der Waals surface area (Å²) in [5, 5.41) is 10.4. The number of ether oxygens (including phenoxy) is 1. The van der Waals surface area contributed by atoms with Gasteiger partial charge in [-0.25, -0.2) is 4.79 Å². The minimum atomic E-state index is -1.41. The van der Waals surface area contributed by atoms with Crippen molar-refractivity contribution in [3.05, 3.63) is 59.1 Å². The largest absolute Gasteiger partial charge is 0.472 e. The summed E-state index contributed by atoms with van der Waals surface area (Å²) in [6.07, 6.45) is 17.6. The van der Waals surface area contributed by atoms with E-state index in [0.717, 1.165) is 44.9 Å². The molecule has 1 aromatic heterocycles. The molecule has 0 saturated carbocycles. The van der Waals surface area contributed by atoms with Gasteiger partial charge < -0.3 is 14.3 Å². The van der Waals surface area contributed by atoms with Crippen molar-refractivity contribution in [2.45, 2.75) is 84.8 Å². The van der Waals surface area contributed by atoms with Crippen molar-refractivity contribution in [2.24, 2.45) is 5.92 Å². The van der Waals surface area contributed by atoms with Crippen molar-refractivity contribution in [2.75, 3.05) is 0 Å². The van der Waals surface area contributed by atoms with Gasteiger partial charge in [0.1, 0.15) is 0 Å². The van der Waals surface area contributed by atoms with Crippen LogP contribution >= 0.6 is 0 Å². The molecule has 0 aromatic carbocycles. The molecule has 0 radical (unpaired) electrons. The van der Waals surface area contributed by atoms with E-state index < -0.39 is 11.8 Å². The number of aliphatic hydroxyl groups is 1. The lowest BCUT2D eigenvalue weighted by Crippen LogP contribution is -2.30. The molecule has 1 aliphatic rings. The molecule has 4 heteroatoms. The minimum absolute atomic E-state index is 0.295. The fraction of sp³-hybridized carbons (Fsp3) is 0.560. The van der Waals surface area contributed by atoms with Crippen LogP contribution in [-0.2, 0) is 16.0 Å². The zero-order chi connectivity index (χ0) is 21.3. The van der Waals surface area contributed by atoms with Crippen molar-refractivity contribution >= 4 is 5.97 Å². The SMILES string of the molecule is CC1=CC(O)(C[C@H](C)CCC/C(C)=C/CC/C(C)=C/CCc2ccoc2)OC1=O. The second-order valence-corrected chi connectivity index (χ2v) is 8.57. The van der Waals surface area contributed by atoms with Gasteiger partial charge in [-0.3, -0.25) is 0 Å². The highest BCUT2D eigenvalue weighted by atomic mass is 16.7. The molecule has 2 heterocycles. The first-order valence-corrected chi connectivity index (χ1v) is 10.7. The molecule has 160 valence electrons. The van der Waals surface area contributed by atoms with Crippen molar-refractivity contribution in [3.63, 3.8) is 0 Å². The molecule has 0 spiro atoms. The van der Waals surface area contributed by atoms with E-state index >= 15 is 0 Å². The Kier molecular flexibility index (Phi) is 8.97. The predicted octanol–water partition coefficient (Wildman–Crippen LogP) is 6.27. The molecular weight excluding hydrogens is 364 g/mol. The molecule has 2 rings (SSSR count). The van der Waals surface area contributed by atoms with E-state index in [4.69, 9.17) is 9.15 Å². The maximum Gasteiger partial charge on any atom is 0.336 e. The van der Waals surface area contributed by atoms with Crippen molar-refractivity contribution < 1.29 is 19.1 Å². The van der Waals surface area contributed by atoms with Crippen molar-refractivity contribution in [3.8, 4) is 0 Å². The summed E-state index contributed by atoms with van der Waals surface area (Å²) >= 11 is 0. The Bertz CT molecular complexity index is 739. The quantitative estimate of drug-likeness (QED) is 0.332. The van der Waals surface area contributed by atoms with E-state index in [9.17, 15) is 9.90 Å². The summed E-state index contributed by atoms with van der Waals surface area (Å²) in [6.45, 7) is 8.18. The van der Waals surface area contributed by atoms with Crippen LogP contribution in [0.2, 0.25) is 0 Å². The number of carbonyl (C=O) groups is 1. The van der Waals surface area contributed by atoms with Gasteiger partial charge in [0.15, 0.2) is 0 Å². The lowest BCUT2D eigenvalue weighted by molar-refractivity contribution is -0.183. The minimum Gasteiger partial charge on any atom is -0.472 e. The molecule has 1 aliphatic heterocycles. The summed E-state index contributed by atoms with van der Waals surface area (Å²) in [5.74, 6) is -1.53. The van der Waals surface area contributed by atoms with E-state index in [1.165, 1.54) is 16.7 Å². The van der Waals surface area contributed by atoms with Gasteiger partial charge in [-0.2, -0.15) is 0 Å². The zero-order valence-electron chi connectivity index (χ0n) is 18.4. The molecule has 0 saturated heterocycles. The normalized spacial score (nSPS) is 21.3. The first kappa shape index (κ1) is 23.2. The molecular formula is C25H36O4. The summed E-state index contributed by atoms with van der Waals surface area (Å²) in [7, 11) is 0. The Morgan fingerprint density at radius 2 is 1.93 bits per heavy atom. The summed E-state index contributed by atoms with van der Waals surface area (Å²) in [4.78, 5) is 11.5. The number of esters is 1. The van der Waals surface area contributed by atoms with Crippen LogP contribution in [0.3, 0.4) is 0 Å². The van der Waals surface area contributed by atoms with E-state index in [0.29, 0.717) is 17.9 Å². The molecule has 2 atom stereocenters. The first-order chi connectivity index (χ1) is 13.8. The van der Waals surface area contributed by atoms with Crippen LogP contribution in [0, 0.1) is 5.92 Å². The van der Waals surface area contributed by atoms with E-state index in [1.54, 1.807) is 19.3 Å². The number of hydrogen-bond acceptors (Lipinski definition) is 4. The van der Waals surface area contributed by atoms with Crippen LogP contribution in [0.5, 0.6) is 0 Å². The second-order valence-electron chi connectivity index (χ2n) is 8.57.